The Bertz CT molecular complexity index is 364. The molecule has 17 heavy (non-hydrogen) atoms. The van der Waals surface area contributed by atoms with Crippen LogP contribution in [-0.4, -0.2) is 28.3 Å². The van der Waals surface area contributed by atoms with Crippen molar-refractivity contribution in [1.29, 1.82) is 0 Å². The highest BCUT2D eigenvalue weighted by atomic mass is 127. The Labute approximate surface area is 120 Å². The van der Waals surface area contributed by atoms with Gasteiger partial charge in [0, 0.05) is 37.9 Å². The second kappa shape index (κ2) is 6.83. The lowest BCUT2D eigenvalue weighted by Crippen LogP contribution is -2.47. The van der Waals surface area contributed by atoms with Crippen molar-refractivity contribution in [3.8, 4) is 0 Å². The van der Waals surface area contributed by atoms with Gasteiger partial charge in [-0.25, -0.2) is 0 Å². The lowest BCUT2D eigenvalue weighted by atomic mass is 10.1. The van der Waals surface area contributed by atoms with Crippen molar-refractivity contribution in [3.05, 3.63) is 18.0 Å². The van der Waals surface area contributed by atoms with Gasteiger partial charge in [-0.2, -0.15) is 5.10 Å². The van der Waals surface area contributed by atoms with Gasteiger partial charge in [0.15, 0.2) is 5.96 Å². The molecule has 0 saturated carbocycles. The van der Waals surface area contributed by atoms with E-state index in [9.17, 15) is 0 Å². The van der Waals surface area contributed by atoms with Gasteiger partial charge in [0.25, 0.3) is 0 Å². The van der Waals surface area contributed by atoms with E-state index in [1.807, 2.05) is 19.4 Å². The number of nitrogens with zero attached hydrogens (tertiary/aromatic N) is 3. The molecule has 1 heterocycles. The van der Waals surface area contributed by atoms with E-state index in [0.29, 0.717) is 0 Å². The SMILES string of the molecule is CN=C(NCc1cnn(C)c1)NC(C)(C)C.I. The molecule has 0 unspecified atom stereocenters. The minimum atomic E-state index is 0. The van der Waals surface area contributed by atoms with Gasteiger partial charge < -0.3 is 10.6 Å². The van der Waals surface area contributed by atoms with Crippen molar-refractivity contribution in [1.82, 2.24) is 20.4 Å². The standard InChI is InChI=1S/C11H21N5.HI/c1-11(2,3)15-10(12-4)13-6-9-7-14-16(5)8-9;/h7-8H,6H2,1-5H3,(H2,12,13,15);1H. The number of hydrogen-bond donors (Lipinski definition) is 2. The van der Waals surface area contributed by atoms with Gasteiger partial charge in [-0.15, -0.1) is 24.0 Å². The van der Waals surface area contributed by atoms with Crippen LogP contribution in [0, 0.1) is 0 Å². The molecule has 0 aromatic carbocycles. The molecule has 98 valence electrons. The topological polar surface area (TPSA) is 54.2 Å². The second-order valence-corrected chi connectivity index (χ2v) is 4.82. The zero-order chi connectivity index (χ0) is 12.2. The second-order valence-electron chi connectivity index (χ2n) is 4.82. The van der Waals surface area contributed by atoms with Gasteiger partial charge in [-0.1, -0.05) is 0 Å². The summed E-state index contributed by atoms with van der Waals surface area (Å²) in [5.41, 5.74) is 1.15. The van der Waals surface area contributed by atoms with E-state index in [1.165, 1.54) is 0 Å². The van der Waals surface area contributed by atoms with Crippen molar-refractivity contribution >= 4 is 29.9 Å². The first kappa shape index (κ1) is 16.2. The van der Waals surface area contributed by atoms with E-state index < -0.39 is 0 Å². The Morgan fingerprint density at radius 2 is 2.12 bits per heavy atom. The van der Waals surface area contributed by atoms with Crippen LogP contribution in [0.4, 0.5) is 0 Å². The summed E-state index contributed by atoms with van der Waals surface area (Å²) in [6.45, 7) is 7.03. The lowest BCUT2D eigenvalue weighted by Gasteiger charge is -2.23. The molecular weight excluding hydrogens is 329 g/mol. The third kappa shape index (κ3) is 6.50. The van der Waals surface area contributed by atoms with Gasteiger partial charge >= 0.3 is 0 Å². The zero-order valence-corrected chi connectivity index (χ0v) is 13.4. The maximum absolute atomic E-state index is 4.16. The third-order valence-electron chi connectivity index (χ3n) is 1.94. The number of guanidine groups is 1. The molecule has 2 N–H and O–H groups in total. The number of aliphatic imine (C=N–C) groups is 1. The fraction of sp³-hybridized carbons (Fsp3) is 0.636. The molecule has 0 bridgehead atoms. The van der Waals surface area contributed by atoms with Crippen molar-refractivity contribution in [2.24, 2.45) is 12.0 Å². The number of nitrogens with one attached hydrogen (secondary N) is 2. The Kier molecular flexibility index (Phi) is 6.51. The number of aryl methyl sites for hydroxylation is 1. The summed E-state index contributed by atoms with van der Waals surface area (Å²) in [6, 6.07) is 0. The van der Waals surface area contributed by atoms with Crippen LogP contribution in [-0.2, 0) is 13.6 Å². The zero-order valence-electron chi connectivity index (χ0n) is 11.1. The highest BCUT2D eigenvalue weighted by Gasteiger charge is 2.11. The number of rotatable bonds is 2. The summed E-state index contributed by atoms with van der Waals surface area (Å²) >= 11 is 0. The first-order chi connectivity index (χ1) is 7.40. The molecular formula is C11H22IN5. The minimum Gasteiger partial charge on any atom is -0.352 e. The smallest absolute Gasteiger partial charge is 0.191 e. The fourth-order valence-corrected chi connectivity index (χ4v) is 1.28. The number of aromatic nitrogens is 2. The molecule has 0 spiro atoms. The summed E-state index contributed by atoms with van der Waals surface area (Å²) in [5.74, 6) is 0.802. The highest BCUT2D eigenvalue weighted by Crippen LogP contribution is 1.99. The van der Waals surface area contributed by atoms with Gasteiger partial charge in [0.05, 0.1) is 6.20 Å². The average molecular weight is 351 g/mol. The molecule has 0 aliphatic rings. The predicted octanol–water partition coefficient (Wildman–Crippen LogP) is 1.50. The highest BCUT2D eigenvalue weighted by molar-refractivity contribution is 14.0. The van der Waals surface area contributed by atoms with E-state index in [2.05, 4.69) is 41.5 Å². The quantitative estimate of drug-likeness (QED) is 0.482. The molecule has 0 radical (unpaired) electrons. The predicted molar refractivity (Wildman–Crippen MR) is 81.7 cm³/mol. The van der Waals surface area contributed by atoms with Crippen LogP contribution < -0.4 is 10.6 Å². The first-order valence-electron chi connectivity index (χ1n) is 5.37. The Morgan fingerprint density at radius 1 is 1.47 bits per heavy atom. The van der Waals surface area contributed by atoms with Crippen LogP contribution in [0.3, 0.4) is 0 Å². The van der Waals surface area contributed by atoms with Crippen LogP contribution in [0.25, 0.3) is 0 Å². The molecule has 1 aromatic rings. The lowest BCUT2D eigenvalue weighted by molar-refractivity contribution is 0.501. The Hall–Kier alpha value is -0.790. The molecule has 6 heteroatoms. The van der Waals surface area contributed by atoms with Crippen molar-refractivity contribution in [2.45, 2.75) is 32.9 Å². The molecule has 1 rings (SSSR count). The maximum atomic E-state index is 4.16. The van der Waals surface area contributed by atoms with E-state index in [1.54, 1.807) is 11.7 Å². The molecule has 0 aliphatic carbocycles. The average Bonchev–Trinajstić information content (AvgIpc) is 2.57. The molecule has 0 atom stereocenters. The largest absolute Gasteiger partial charge is 0.352 e. The third-order valence-corrected chi connectivity index (χ3v) is 1.94. The van der Waals surface area contributed by atoms with E-state index in [-0.39, 0.29) is 29.5 Å². The van der Waals surface area contributed by atoms with Crippen LogP contribution >= 0.6 is 24.0 Å². The van der Waals surface area contributed by atoms with Crippen LogP contribution in [0.15, 0.2) is 17.4 Å². The summed E-state index contributed by atoms with van der Waals surface area (Å²) in [5, 5.41) is 10.6. The van der Waals surface area contributed by atoms with Gasteiger partial charge in [-0.3, -0.25) is 9.67 Å². The summed E-state index contributed by atoms with van der Waals surface area (Å²) in [4.78, 5) is 4.16. The normalized spacial score (nSPS) is 11.9. The van der Waals surface area contributed by atoms with Gasteiger partial charge in [0.2, 0.25) is 0 Å². The van der Waals surface area contributed by atoms with Crippen LogP contribution in [0.5, 0.6) is 0 Å². The molecule has 0 aliphatic heterocycles. The van der Waals surface area contributed by atoms with Crippen LogP contribution in [0.1, 0.15) is 26.3 Å². The summed E-state index contributed by atoms with van der Waals surface area (Å²) in [6.07, 6.45) is 3.83. The van der Waals surface area contributed by atoms with Crippen LogP contribution in [0.2, 0.25) is 0 Å². The maximum Gasteiger partial charge on any atom is 0.191 e. The monoisotopic (exact) mass is 351 g/mol. The van der Waals surface area contributed by atoms with Crippen molar-refractivity contribution in [3.63, 3.8) is 0 Å². The van der Waals surface area contributed by atoms with E-state index in [4.69, 9.17) is 0 Å². The van der Waals surface area contributed by atoms with E-state index in [0.717, 1.165) is 18.1 Å². The minimum absolute atomic E-state index is 0. The molecule has 0 saturated heterocycles. The van der Waals surface area contributed by atoms with Gasteiger partial charge in [0.1, 0.15) is 0 Å². The number of hydrogen-bond acceptors (Lipinski definition) is 2. The summed E-state index contributed by atoms with van der Waals surface area (Å²) in [7, 11) is 3.68. The van der Waals surface area contributed by atoms with E-state index >= 15 is 0 Å². The molecule has 1 aromatic heterocycles. The van der Waals surface area contributed by atoms with Gasteiger partial charge in [-0.05, 0) is 20.8 Å². The fourth-order valence-electron chi connectivity index (χ4n) is 1.28. The first-order valence-corrected chi connectivity index (χ1v) is 5.37. The molecule has 0 fully saturated rings. The van der Waals surface area contributed by atoms with Crippen molar-refractivity contribution in [2.75, 3.05) is 7.05 Å². The summed E-state index contributed by atoms with van der Waals surface area (Å²) < 4.78 is 1.79. The van der Waals surface area contributed by atoms with Crippen molar-refractivity contribution < 1.29 is 0 Å². The molecule has 0 amide bonds. The Balaban J connectivity index is 0.00000256. The Morgan fingerprint density at radius 3 is 2.53 bits per heavy atom. The number of halogens is 1. The molecule has 5 nitrogen and oxygen atoms in total.